The van der Waals surface area contributed by atoms with E-state index in [1.165, 1.54) is 10.2 Å². The first-order valence-electron chi connectivity index (χ1n) is 14.2. The van der Waals surface area contributed by atoms with Crippen LogP contribution in [0.1, 0.15) is 54.5 Å². The Balaban J connectivity index is 1.56. The van der Waals surface area contributed by atoms with Gasteiger partial charge in [0.2, 0.25) is 0 Å². The van der Waals surface area contributed by atoms with Crippen molar-refractivity contribution in [3.63, 3.8) is 0 Å². The fourth-order valence-electron chi connectivity index (χ4n) is 4.83. The molecule has 1 aromatic heterocycles. The minimum atomic E-state index is -0.264. The van der Waals surface area contributed by atoms with Crippen molar-refractivity contribution in [2.75, 3.05) is 6.61 Å². The number of fused-ring (bicyclic) bond motifs is 1. The highest BCUT2D eigenvalue weighted by Gasteiger charge is 2.19. The van der Waals surface area contributed by atoms with E-state index in [2.05, 4.69) is 40.9 Å². The van der Waals surface area contributed by atoms with E-state index in [-0.39, 0.29) is 11.5 Å². The molecule has 8 heteroatoms. The smallest absolute Gasteiger partial charge is 0.282 e. The Morgan fingerprint density at radius 1 is 1.02 bits per heavy atom. The van der Waals surface area contributed by atoms with E-state index in [4.69, 9.17) is 26.1 Å². The molecule has 0 bridgehead atoms. The molecule has 0 fully saturated rings. The van der Waals surface area contributed by atoms with Gasteiger partial charge in [0, 0.05) is 5.56 Å². The lowest BCUT2D eigenvalue weighted by Gasteiger charge is -2.18. The van der Waals surface area contributed by atoms with Gasteiger partial charge in [-0.2, -0.15) is 9.78 Å². The fourth-order valence-corrected chi connectivity index (χ4v) is 5.82. The molecule has 0 N–H and O–H groups in total. The summed E-state index contributed by atoms with van der Waals surface area (Å²) < 4.78 is 14.0. The molecule has 0 atom stereocenters. The molecular weight excluding hydrogens is 626 g/mol. The molecular formula is C35H33BrClN3O3. The molecule has 0 unspecified atom stereocenters. The van der Waals surface area contributed by atoms with Crippen LogP contribution in [-0.2, 0) is 6.61 Å². The Morgan fingerprint density at radius 3 is 2.47 bits per heavy atom. The zero-order valence-electron chi connectivity index (χ0n) is 24.8. The number of nitrogens with zero attached hydrogens (tertiary/aromatic N) is 3. The quantitative estimate of drug-likeness (QED) is 0.148. The molecule has 0 radical (unpaired) electrons. The zero-order valence-corrected chi connectivity index (χ0v) is 27.2. The molecule has 1 heterocycles. The van der Waals surface area contributed by atoms with Crippen molar-refractivity contribution in [2.24, 2.45) is 5.10 Å². The molecule has 43 heavy (non-hydrogen) atoms. The first-order valence-corrected chi connectivity index (χ1v) is 15.3. The molecule has 5 rings (SSSR count). The number of ether oxygens (including phenoxy) is 2. The third-order valence-corrected chi connectivity index (χ3v) is 7.99. The second-order valence-corrected chi connectivity index (χ2v) is 12.0. The molecule has 0 amide bonds. The van der Waals surface area contributed by atoms with Gasteiger partial charge in [0.05, 0.1) is 33.2 Å². The highest BCUT2D eigenvalue weighted by molar-refractivity contribution is 9.10. The van der Waals surface area contributed by atoms with Gasteiger partial charge < -0.3 is 9.47 Å². The van der Waals surface area contributed by atoms with E-state index < -0.39 is 0 Å². The van der Waals surface area contributed by atoms with Gasteiger partial charge in [0.25, 0.3) is 5.56 Å². The first-order chi connectivity index (χ1) is 20.7. The molecule has 220 valence electrons. The van der Waals surface area contributed by atoms with Crippen LogP contribution < -0.4 is 15.0 Å². The van der Waals surface area contributed by atoms with Gasteiger partial charge in [-0.1, -0.05) is 67.4 Å². The second-order valence-electron chi connectivity index (χ2n) is 10.7. The van der Waals surface area contributed by atoms with Crippen molar-refractivity contribution in [2.45, 2.75) is 47.1 Å². The van der Waals surface area contributed by atoms with E-state index in [0.29, 0.717) is 50.7 Å². The predicted molar refractivity (Wildman–Crippen MR) is 179 cm³/mol. The number of halogens is 2. The van der Waals surface area contributed by atoms with Crippen LogP contribution in [-0.4, -0.2) is 22.5 Å². The third-order valence-electron chi connectivity index (χ3n) is 7.12. The molecule has 0 saturated carbocycles. The van der Waals surface area contributed by atoms with Crippen molar-refractivity contribution in [3.8, 4) is 22.9 Å². The number of hydrogen-bond acceptors (Lipinski definition) is 5. The van der Waals surface area contributed by atoms with E-state index in [1.54, 1.807) is 18.3 Å². The standard InChI is InChI=1S/C35H33BrClN3O3/c1-6-42-32-15-23(5)28(18-27(32)21(2)3)34-39-31-10-8-7-9-26(31)35(41)40(34)38-19-25-16-29(36)33(30(37)17-25)43-20-24-13-11-22(4)12-14-24/h7-19,21H,6,20H2,1-5H3. The van der Waals surface area contributed by atoms with Crippen LogP contribution in [0.5, 0.6) is 11.5 Å². The van der Waals surface area contributed by atoms with Crippen molar-refractivity contribution in [3.05, 3.63) is 120 Å². The van der Waals surface area contributed by atoms with Gasteiger partial charge in [-0.05, 0) is 101 Å². The molecule has 0 aliphatic carbocycles. The average molecular weight is 659 g/mol. The van der Waals surface area contributed by atoms with Crippen LogP contribution in [0.15, 0.2) is 87.2 Å². The van der Waals surface area contributed by atoms with E-state index in [1.807, 2.05) is 75.4 Å². The molecule has 0 saturated heterocycles. The molecule has 0 aliphatic rings. The Kier molecular flexibility index (Phi) is 9.33. The number of para-hydroxylation sites is 1. The lowest BCUT2D eigenvalue weighted by Crippen LogP contribution is -2.21. The number of hydrogen-bond donors (Lipinski definition) is 0. The van der Waals surface area contributed by atoms with Crippen molar-refractivity contribution in [1.82, 2.24) is 9.66 Å². The topological polar surface area (TPSA) is 65.7 Å². The Hall–Kier alpha value is -3.94. The van der Waals surface area contributed by atoms with Crippen LogP contribution in [0.3, 0.4) is 0 Å². The molecule has 6 nitrogen and oxygen atoms in total. The number of aromatic nitrogens is 2. The highest BCUT2D eigenvalue weighted by atomic mass is 79.9. The number of aryl methyl sites for hydroxylation is 2. The minimum Gasteiger partial charge on any atom is -0.494 e. The van der Waals surface area contributed by atoms with Crippen LogP contribution in [0.25, 0.3) is 22.3 Å². The predicted octanol–water partition coefficient (Wildman–Crippen LogP) is 9.08. The lowest BCUT2D eigenvalue weighted by atomic mass is 9.96. The second kappa shape index (κ2) is 13.1. The normalized spacial score (nSPS) is 11.5. The Bertz CT molecular complexity index is 1860. The minimum absolute atomic E-state index is 0.205. The average Bonchev–Trinajstić information content (AvgIpc) is 2.97. The van der Waals surface area contributed by atoms with Gasteiger partial charge in [0.15, 0.2) is 11.6 Å². The Labute approximate surface area is 265 Å². The Morgan fingerprint density at radius 2 is 1.77 bits per heavy atom. The summed E-state index contributed by atoms with van der Waals surface area (Å²) >= 11 is 10.2. The van der Waals surface area contributed by atoms with Crippen molar-refractivity contribution < 1.29 is 9.47 Å². The van der Waals surface area contributed by atoms with Gasteiger partial charge in [-0.25, -0.2) is 4.98 Å². The number of rotatable bonds is 9. The molecule has 0 spiro atoms. The lowest BCUT2D eigenvalue weighted by molar-refractivity contribution is 0.304. The summed E-state index contributed by atoms with van der Waals surface area (Å²) in [7, 11) is 0. The summed E-state index contributed by atoms with van der Waals surface area (Å²) in [5.74, 6) is 2.03. The molecule has 0 aliphatic heterocycles. The summed E-state index contributed by atoms with van der Waals surface area (Å²) in [6.07, 6.45) is 1.61. The van der Waals surface area contributed by atoms with E-state index >= 15 is 0 Å². The van der Waals surface area contributed by atoms with E-state index in [9.17, 15) is 4.79 Å². The maximum Gasteiger partial charge on any atom is 0.282 e. The largest absolute Gasteiger partial charge is 0.494 e. The van der Waals surface area contributed by atoms with Gasteiger partial charge in [-0.15, -0.1) is 0 Å². The van der Waals surface area contributed by atoms with Crippen LogP contribution >= 0.6 is 27.5 Å². The zero-order chi connectivity index (χ0) is 30.7. The van der Waals surface area contributed by atoms with Crippen LogP contribution in [0, 0.1) is 13.8 Å². The summed E-state index contributed by atoms with van der Waals surface area (Å²) in [6.45, 7) is 11.2. The molecule has 5 aromatic rings. The maximum absolute atomic E-state index is 13.8. The monoisotopic (exact) mass is 657 g/mol. The summed E-state index contributed by atoms with van der Waals surface area (Å²) in [5, 5.41) is 5.56. The van der Waals surface area contributed by atoms with Gasteiger partial charge in [-0.3, -0.25) is 4.79 Å². The van der Waals surface area contributed by atoms with Gasteiger partial charge in [0.1, 0.15) is 12.4 Å². The molecule has 4 aromatic carbocycles. The SMILES string of the molecule is CCOc1cc(C)c(-c2nc3ccccc3c(=O)n2N=Cc2cc(Cl)c(OCc3ccc(C)cc3)c(Br)c2)cc1C(C)C. The van der Waals surface area contributed by atoms with Crippen molar-refractivity contribution in [1.29, 1.82) is 0 Å². The van der Waals surface area contributed by atoms with Crippen molar-refractivity contribution >= 4 is 44.6 Å². The van der Waals surface area contributed by atoms with E-state index in [0.717, 1.165) is 28.0 Å². The highest BCUT2D eigenvalue weighted by Crippen LogP contribution is 2.36. The first kappa shape index (κ1) is 30.5. The number of benzene rings is 4. The fraction of sp³-hybridized carbons (Fsp3) is 0.229. The summed E-state index contributed by atoms with van der Waals surface area (Å²) in [5.41, 5.74) is 6.04. The van der Waals surface area contributed by atoms with Gasteiger partial charge >= 0.3 is 0 Å². The van der Waals surface area contributed by atoms with Crippen LogP contribution in [0.4, 0.5) is 0 Å². The third kappa shape index (κ3) is 6.68. The maximum atomic E-state index is 13.8. The summed E-state index contributed by atoms with van der Waals surface area (Å²) in [4.78, 5) is 18.7. The van der Waals surface area contributed by atoms with Crippen LogP contribution in [0.2, 0.25) is 5.02 Å². The summed E-state index contributed by atoms with van der Waals surface area (Å²) in [6, 6.07) is 23.1.